The Bertz CT molecular complexity index is 381. The predicted octanol–water partition coefficient (Wildman–Crippen LogP) is 1.75. The van der Waals surface area contributed by atoms with Gasteiger partial charge >= 0.3 is 0 Å². The maximum absolute atomic E-state index is 12.0. The van der Waals surface area contributed by atoms with E-state index in [9.17, 15) is 4.79 Å². The van der Waals surface area contributed by atoms with E-state index in [0.29, 0.717) is 13.1 Å². The largest absolute Gasteiger partial charge is 0.353 e. The summed E-state index contributed by atoms with van der Waals surface area (Å²) in [4.78, 5) is 14.1. The lowest BCUT2D eigenvalue weighted by Crippen LogP contribution is -2.42. The summed E-state index contributed by atoms with van der Waals surface area (Å²) >= 11 is 0. The number of carbonyl (C=O) groups is 1. The first kappa shape index (κ1) is 16.7. The van der Waals surface area contributed by atoms with Crippen LogP contribution in [0.15, 0.2) is 30.3 Å². The highest BCUT2D eigenvalue weighted by molar-refractivity contribution is 5.78. The summed E-state index contributed by atoms with van der Waals surface area (Å²) in [6.45, 7) is 6.62. The Morgan fingerprint density at radius 1 is 1.35 bits per heavy atom. The van der Waals surface area contributed by atoms with Crippen molar-refractivity contribution in [1.82, 2.24) is 10.2 Å². The number of benzene rings is 1. The molecular formula is C16H27N3O. The smallest absolute Gasteiger partial charge is 0.234 e. The maximum atomic E-state index is 12.0. The minimum atomic E-state index is 0.0790. The molecule has 0 heterocycles. The number of nitrogens with one attached hydrogen (secondary N) is 1. The van der Waals surface area contributed by atoms with Crippen LogP contribution in [0.3, 0.4) is 0 Å². The molecule has 1 rings (SSSR count). The SMILES string of the molecule is CCCC(C)NC(=O)CN(CCN)Cc1ccccc1. The Hall–Kier alpha value is -1.39. The zero-order valence-corrected chi connectivity index (χ0v) is 12.6. The molecule has 1 amide bonds. The van der Waals surface area contributed by atoms with Gasteiger partial charge in [-0.1, -0.05) is 43.7 Å². The lowest BCUT2D eigenvalue weighted by molar-refractivity contribution is -0.123. The van der Waals surface area contributed by atoms with E-state index >= 15 is 0 Å². The molecule has 1 atom stereocenters. The molecule has 4 nitrogen and oxygen atoms in total. The van der Waals surface area contributed by atoms with E-state index in [0.717, 1.165) is 25.9 Å². The summed E-state index contributed by atoms with van der Waals surface area (Å²) in [5.41, 5.74) is 6.84. The quantitative estimate of drug-likeness (QED) is 0.723. The van der Waals surface area contributed by atoms with E-state index < -0.39 is 0 Å². The number of hydrogen-bond donors (Lipinski definition) is 2. The van der Waals surface area contributed by atoms with Crippen LogP contribution in [0.1, 0.15) is 32.3 Å². The van der Waals surface area contributed by atoms with E-state index in [1.165, 1.54) is 5.56 Å². The minimum Gasteiger partial charge on any atom is -0.353 e. The van der Waals surface area contributed by atoms with E-state index in [1.807, 2.05) is 25.1 Å². The summed E-state index contributed by atoms with van der Waals surface area (Å²) < 4.78 is 0. The van der Waals surface area contributed by atoms with Gasteiger partial charge in [0.25, 0.3) is 0 Å². The number of rotatable bonds is 9. The van der Waals surface area contributed by atoms with E-state index in [-0.39, 0.29) is 11.9 Å². The van der Waals surface area contributed by atoms with Crippen molar-refractivity contribution in [2.75, 3.05) is 19.6 Å². The lowest BCUT2D eigenvalue weighted by Gasteiger charge is -2.22. The zero-order chi connectivity index (χ0) is 14.8. The third kappa shape index (κ3) is 6.68. The van der Waals surface area contributed by atoms with Crippen molar-refractivity contribution < 1.29 is 4.79 Å². The van der Waals surface area contributed by atoms with Gasteiger partial charge in [-0.15, -0.1) is 0 Å². The summed E-state index contributed by atoms with van der Waals surface area (Å²) in [5.74, 6) is 0.0790. The van der Waals surface area contributed by atoms with Crippen LogP contribution in [0, 0.1) is 0 Å². The predicted molar refractivity (Wildman–Crippen MR) is 83.3 cm³/mol. The molecule has 0 fully saturated rings. The van der Waals surface area contributed by atoms with Crippen LogP contribution in [-0.4, -0.2) is 36.5 Å². The Morgan fingerprint density at radius 2 is 2.05 bits per heavy atom. The van der Waals surface area contributed by atoms with Crippen LogP contribution in [0.4, 0.5) is 0 Å². The van der Waals surface area contributed by atoms with E-state index in [4.69, 9.17) is 5.73 Å². The van der Waals surface area contributed by atoms with Crippen molar-refractivity contribution in [3.05, 3.63) is 35.9 Å². The molecule has 20 heavy (non-hydrogen) atoms. The molecule has 0 radical (unpaired) electrons. The summed E-state index contributed by atoms with van der Waals surface area (Å²) in [6, 6.07) is 10.4. The number of hydrogen-bond acceptors (Lipinski definition) is 3. The fourth-order valence-corrected chi connectivity index (χ4v) is 2.27. The van der Waals surface area contributed by atoms with Gasteiger partial charge in [0.05, 0.1) is 6.54 Å². The molecule has 0 saturated carbocycles. The number of nitrogens with zero attached hydrogens (tertiary/aromatic N) is 1. The molecule has 1 aromatic rings. The van der Waals surface area contributed by atoms with Gasteiger partial charge in [-0.05, 0) is 18.9 Å². The van der Waals surface area contributed by atoms with Gasteiger partial charge in [0, 0.05) is 25.7 Å². The molecule has 4 heteroatoms. The molecule has 0 spiro atoms. The van der Waals surface area contributed by atoms with Gasteiger partial charge in [0.15, 0.2) is 0 Å². The van der Waals surface area contributed by atoms with Gasteiger partial charge < -0.3 is 11.1 Å². The standard InChI is InChI=1S/C16H27N3O/c1-3-7-14(2)18-16(20)13-19(11-10-17)12-15-8-5-4-6-9-15/h4-6,8-9,14H,3,7,10-13,17H2,1-2H3,(H,18,20). The highest BCUT2D eigenvalue weighted by Crippen LogP contribution is 2.04. The highest BCUT2D eigenvalue weighted by Gasteiger charge is 2.12. The first-order valence-corrected chi connectivity index (χ1v) is 7.41. The Morgan fingerprint density at radius 3 is 2.65 bits per heavy atom. The van der Waals surface area contributed by atoms with Crippen LogP contribution in [0.2, 0.25) is 0 Å². The van der Waals surface area contributed by atoms with Crippen molar-refractivity contribution in [3.63, 3.8) is 0 Å². The van der Waals surface area contributed by atoms with Crippen molar-refractivity contribution in [1.29, 1.82) is 0 Å². The molecule has 3 N–H and O–H groups in total. The molecule has 0 aliphatic rings. The summed E-state index contributed by atoms with van der Waals surface area (Å²) in [5, 5.41) is 3.03. The number of nitrogens with two attached hydrogens (primary N) is 1. The van der Waals surface area contributed by atoms with Gasteiger partial charge in [-0.2, -0.15) is 0 Å². The molecule has 1 aromatic carbocycles. The first-order chi connectivity index (χ1) is 9.65. The Balaban J connectivity index is 2.47. The van der Waals surface area contributed by atoms with Crippen molar-refractivity contribution in [3.8, 4) is 0 Å². The molecule has 0 aliphatic heterocycles. The maximum Gasteiger partial charge on any atom is 0.234 e. The van der Waals surface area contributed by atoms with Crippen LogP contribution in [0.25, 0.3) is 0 Å². The van der Waals surface area contributed by atoms with E-state index in [1.54, 1.807) is 0 Å². The second kappa shape index (κ2) is 9.50. The molecule has 112 valence electrons. The fourth-order valence-electron chi connectivity index (χ4n) is 2.27. The normalized spacial score (nSPS) is 12.4. The van der Waals surface area contributed by atoms with Crippen LogP contribution >= 0.6 is 0 Å². The van der Waals surface area contributed by atoms with Gasteiger partial charge in [-0.25, -0.2) is 0 Å². The fraction of sp³-hybridized carbons (Fsp3) is 0.562. The lowest BCUT2D eigenvalue weighted by atomic mass is 10.2. The number of amides is 1. The minimum absolute atomic E-state index is 0.0790. The van der Waals surface area contributed by atoms with Crippen molar-refractivity contribution in [2.24, 2.45) is 5.73 Å². The molecule has 0 aliphatic carbocycles. The van der Waals surface area contributed by atoms with Crippen LogP contribution in [0.5, 0.6) is 0 Å². The van der Waals surface area contributed by atoms with Crippen LogP contribution < -0.4 is 11.1 Å². The molecule has 0 bridgehead atoms. The molecule has 0 aromatic heterocycles. The third-order valence-corrected chi connectivity index (χ3v) is 3.19. The Kier molecular flexibility index (Phi) is 7.92. The highest BCUT2D eigenvalue weighted by atomic mass is 16.2. The van der Waals surface area contributed by atoms with Gasteiger partial charge in [0.2, 0.25) is 5.91 Å². The summed E-state index contributed by atoms with van der Waals surface area (Å²) in [6.07, 6.45) is 2.10. The molecule has 1 unspecified atom stereocenters. The van der Waals surface area contributed by atoms with Crippen molar-refractivity contribution in [2.45, 2.75) is 39.3 Å². The van der Waals surface area contributed by atoms with Gasteiger partial charge in [0.1, 0.15) is 0 Å². The van der Waals surface area contributed by atoms with E-state index in [2.05, 4.69) is 29.3 Å². The monoisotopic (exact) mass is 277 g/mol. The second-order valence-corrected chi connectivity index (χ2v) is 5.24. The first-order valence-electron chi connectivity index (χ1n) is 7.41. The average Bonchev–Trinajstić information content (AvgIpc) is 2.40. The second-order valence-electron chi connectivity index (χ2n) is 5.24. The third-order valence-electron chi connectivity index (χ3n) is 3.19. The average molecular weight is 277 g/mol. The van der Waals surface area contributed by atoms with Crippen molar-refractivity contribution >= 4 is 5.91 Å². The number of carbonyl (C=O) groups excluding carboxylic acids is 1. The summed E-state index contributed by atoms with van der Waals surface area (Å²) in [7, 11) is 0. The van der Waals surface area contributed by atoms with Gasteiger partial charge in [-0.3, -0.25) is 9.69 Å². The Labute approximate surface area is 122 Å². The topological polar surface area (TPSA) is 58.4 Å². The molecule has 0 saturated heterocycles. The zero-order valence-electron chi connectivity index (χ0n) is 12.6. The van der Waals surface area contributed by atoms with Crippen LogP contribution in [-0.2, 0) is 11.3 Å². The molecular weight excluding hydrogens is 250 g/mol.